The van der Waals surface area contributed by atoms with Crippen LogP contribution in [0.1, 0.15) is 70.3 Å². The fourth-order valence-electron chi connectivity index (χ4n) is 3.12. The molecule has 0 fully saturated rings. The lowest BCUT2D eigenvalue weighted by Crippen LogP contribution is -2.34. The van der Waals surface area contributed by atoms with Gasteiger partial charge in [0, 0.05) is 19.6 Å². The van der Waals surface area contributed by atoms with Crippen molar-refractivity contribution in [3.8, 4) is 0 Å². The number of benzene rings is 1. The lowest BCUT2D eigenvalue weighted by atomic mass is 10.1. The number of nitrogens with zero attached hydrogens (tertiary/aromatic N) is 1. The van der Waals surface area contributed by atoms with Gasteiger partial charge in [0.2, 0.25) is 0 Å². The standard InChI is InChI=1S/C21H37NO2/c1-2-3-4-5-6-7-8-12-15-21(24)19-22(16-17-23)18-20-13-10-9-11-14-20/h9-11,13-14,21,23-24H,2-8,12,15-19H2,1H3. The van der Waals surface area contributed by atoms with Crippen LogP contribution in [0.5, 0.6) is 0 Å². The summed E-state index contributed by atoms with van der Waals surface area (Å²) in [6.45, 7) is 4.43. The average molecular weight is 336 g/mol. The minimum absolute atomic E-state index is 0.136. The maximum absolute atomic E-state index is 10.3. The molecule has 1 unspecified atom stereocenters. The molecule has 0 aliphatic rings. The zero-order chi connectivity index (χ0) is 17.5. The Morgan fingerprint density at radius 1 is 0.917 bits per heavy atom. The van der Waals surface area contributed by atoms with Crippen LogP contribution in [0.2, 0.25) is 0 Å². The largest absolute Gasteiger partial charge is 0.395 e. The second-order valence-electron chi connectivity index (χ2n) is 6.86. The first-order valence-corrected chi connectivity index (χ1v) is 9.81. The average Bonchev–Trinajstić information content (AvgIpc) is 2.58. The van der Waals surface area contributed by atoms with Gasteiger partial charge in [0.1, 0.15) is 0 Å². The molecule has 0 amide bonds. The van der Waals surface area contributed by atoms with Crippen LogP contribution in [0.3, 0.4) is 0 Å². The van der Waals surface area contributed by atoms with Gasteiger partial charge in [0.25, 0.3) is 0 Å². The molecule has 0 aliphatic heterocycles. The third kappa shape index (κ3) is 10.8. The molecule has 1 aromatic rings. The summed E-state index contributed by atoms with van der Waals surface area (Å²) < 4.78 is 0. The van der Waals surface area contributed by atoms with Crippen molar-refractivity contribution in [2.75, 3.05) is 19.7 Å². The zero-order valence-electron chi connectivity index (χ0n) is 15.5. The van der Waals surface area contributed by atoms with Crippen LogP contribution in [0.4, 0.5) is 0 Å². The van der Waals surface area contributed by atoms with Crippen LogP contribution >= 0.6 is 0 Å². The number of aliphatic hydroxyl groups is 2. The van der Waals surface area contributed by atoms with Crippen LogP contribution in [-0.4, -0.2) is 40.9 Å². The Morgan fingerprint density at radius 2 is 1.54 bits per heavy atom. The molecule has 0 aliphatic carbocycles. The molecule has 24 heavy (non-hydrogen) atoms. The first-order chi connectivity index (χ1) is 11.8. The SMILES string of the molecule is CCCCCCCCCCC(O)CN(CCO)Cc1ccccc1. The quantitative estimate of drug-likeness (QED) is 0.468. The van der Waals surface area contributed by atoms with Crippen molar-refractivity contribution in [1.82, 2.24) is 4.90 Å². The Hall–Kier alpha value is -0.900. The van der Waals surface area contributed by atoms with Gasteiger partial charge in [-0.15, -0.1) is 0 Å². The van der Waals surface area contributed by atoms with E-state index in [0.717, 1.165) is 19.4 Å². The van der Waals surface area contributed by atoms with E-state index in [2.05, 4.69) is 24.0 Å². The predicted molar refractivity (Wildman–Crippen MR) is 102 cm³/mol. The third-order valence-electron chi connectivity index (χ3n) is 4.53. The second-order valence-corrected chi connectivity index (χ2v) is 6.86. The highest BCUT2D eigenvalue weighted by Crippen LogP contribution is 2.12. The topological polar surface area (TPSA) is 43.7 Å². The van der Waals surface area contributed by atoms with E-state index >= 15 is 0 Å². The summed E-state index contributed by atoms with van der Waals surface area (Å²) in [5, 5.41) is 19.5. The molecule has 3 nitrogen and oxygen atoms in total. The molecule has 1 atom stereocenters. The van der Waals surface area contributed by atoms with Gasteiger partial charge in [0.15, 0.2) is 0 Å². The summed E-state index contributed by atoms with van der Waals surface area (Å²) in [6, 6.07) is 10.3. The summed E-state index contributed by atoms with van der Waals surface area (Å²) in [4.78, 5) is 2.14. The minimum Gasteiger partial charge on any atom is -0.395 e. The van der Waals surface area contributed by atoms with Crippen LogP contribution in [0.15, 0.2) is 30.3 Å². The zero-order valence-corrected chi connectivity index (χ0v) is 15.5. The van der Waals surface area contributed by atoms with Crippen LogP contribution < -0.4 is 0 Å². The van der Waals surface area contributed by atoms with Gasteiger partial charge in [0.05, 0.1) is 12.7 Å². The molecule has 0 saturated carbocycles. The number of hydrogen-bond acceptors (Lipinski definition) is 3. The van der Waals surface area contributed by atoms with Gasteiger partial charge in [-0.25, -0.2) is 0 Å². The van der Waals surface area contributed by atoms with Gasteiger partial charge < -0.3 is 10.2 Å². The summed E-state index contributed by atoms with van der Waals surface area (Å²) in [5.74, 6) is 0. The lowest BCUT2D eigenvalue weighted by molar-refractivity contribution is 0.0878. The lowest BCUT2D eigenvalue weighted by Gasteiger charge is -2.24. The van der Waals surface area contributed by atoms with Gasteiger partial charge >= 0.3 is 0 Å². The molecule has 1 aromatic carbocycles. The van der Waals surface area contributed by atoms with E-state index in [0.29, 0.717) is 13.1 Å². The number of unbranched alkanes of at least 4 members (excludes halogenated alkanes) is 7. The van der Waals surface area contributed by atoms with Gasteiger partial charge in [-0.1, -0.05) is 88.6 Å². The monoisotopic (exact) mass is 335 g/mol. The van der Waals surface area contributed by atoms with Crippen molar-refractivity contribution in [2.24, 2.45) is 0 Å². The number of aliphatic hydroxyl groups excluding tert-OH is 2. The molecule has 2 N–H and O–H groups in total. The highest BCUT2D eigenvalue weighted by Gasteiger charge is 2.11. The van der Waals surface area contributed by atoms with E-state index in [1.807, 2.05) is 18.2 Å². The van der Waals surface area contributed by atoms with E-state index in [1.54, 1.807) is 0 Å². The van der Waals surface area contributed by atoms with Crippen LogP contribution in [0.25, 0.3) is 0 Å². The van der Waals surface area contributed by atoms with Crippen molar-refractivity contribution in [2.45, 2.75) is 77.4 Å². The fraction of sp³-hybridized carbons (Fsp3) is 0.714. The van der Waals surface area contributed by atoms with Crippen LogP contribution in [-0.2, 0) is 6.54 Å². The molecular formula is C21H37NO2. The maximum atomic E-state index is 10.3. The van der Waals surface area contributed by atoms with Gasteiger partial charge in [-0.2, -0.15) is 0 Å². The van der Waals surface area contributed by atoms with E-state index in [-0.39, 0.29) is 12.7 Å². The third-order valence-corrected chi connectivity index (χ3v) is 4.53. The summed E-state index contributed by atoms with van der Waals surface area (Å²) in [5.41, 5.74) is 1.23. The Labute approximate surface area is 148 Å². The summed E-state index contributed by atoms with van der Waals surface area (Å²) >= 11 is 0. The number of hydrogen-bond donors (Lipinski definition) is 2. The molecule has 0 heterocycles. The Kier molecular flexibility index (Phi) is 12.7. The highest BCUT2D eigenvalue weighted by atomic mass is 16.3. The van der Waals surface area contributed by atoms with Gasteiger partial charge in [-0.05, 0) is 12.0 Å². The molecule has 0 radical (unpaired) electrons. The van der Waals surface area contributed by atoms with Gasteiger partial charge in [-0.3, -0.25) is 4.90 Å². The molecule has 3 heteroatoms. The Morgan fingerprint density at radius 3 is 2.17 bits per heavy atom. The highest BCUT2D eigenvalue weighted by molar-refractivity contribution is 5.14. The minimum atomic E-state index is -0.291. The molecule has 0 saturated heterocycles. The van der Waals surface area contributed by atoms with Crippen molar-refractivity contribution < 1.29 is 10.2 Å². The summed E-state index contributed by atoms with van der Waals surface area (Å²) in [6.07, 6.45) is 10.9. The van der Waals surface area contributed by atoms with E-state index < -0.39 is 0 Å². The van der Waals surface area contributed by atoms with Crippen molar-refractivity contribution in [3.63, 3.8) is 0 Å². The molecular weight excluding hydrogens is 298 g/mol. The summed E-state index contributed by atoms with van der Waals surface area (Å²) in [7, 11) is 0. The van der Waals surface area contributed by atoms with Crippen molar-refractivity contribution >= 4 is 0 Å². The first kappa shape index (κ1) is 21.1. The maximum Gasteiger partial charge on any atom is 0.0667 e. The Bertz CT molecular complexity index is 383. The molecule has 0 bridgehead atoms. The van der Waals surface area contributed by atoms with Crippen LogP contribution in [0, 0.1) is 0 Å². The van der Waals surface area contributed by atoms with E-state index in [4.69, 9.17) is 0 Å². The smallest absolute Gasteiger partial charge is 0.0667 e. The van der Waals surface area contributed by atoms with E-state index in [9.17, 15) is 10.2 Å². The molecule has 0 aromatic heterocycles. The van der Waals surface area contributed by atoms with Crippen molar-refractivity contribution in [3.05, 3.63) is 35.9 Å². The van der Waals surface area contributed by atoms with E-state index in [1.165, 1.54) is 50.5 Å². The molecule has 138 valence electrons. The second kappa shape index (κ2) is 14.4. The molecule has 0 spiro atoms. The number of rotatable bonds is 15. The Balaban J connectivity index is 2.14. The predicted octanol–water partition coefficient (Wildman–Crippen LogP) is 4.37. The molecule has 1 rings (SSSR count). The first-order valence-electron chi connectivity index (χ1n) is 9.81. The van der Waals surface area contributed by atoms with Crippen molar-refractivity contribution in [1.29, 1.82) is 0 Å². The normalized spacial score (nSPS) is 12.7. The fourth-order valence-corrected chi connectivity index (χ4v) is 3.12.